The summed E-state index contributed by atoms with van der Waals surface area (Å²) in [5.74, 6) is -4.78. The van der Waals surface area contributed by atoms with Gasteiger partial charge in [0, 0.05) is 25.0 Å². The molecule has 0 fully saturated rings. The summed E-state index contributed by atoms with van der Waals surface area (Å²) in [6.07, 6.45) is 27.8. The second kappa shape index (κ2) is 35.8. The van der Waals surface area contributed by atoms with Crippen LogP contribution in [0.25, 0.3) is 0 Å². The van der Waals surface area contributed by atoms with Crippen molar-refractivity contribution >= 4 is 39.2 Å². The minimum Gasteiger partial charge on any atom is -0.462 e. The van der Waals surface area contributed by atoms with Crippen LogP contribution >= 0.6 is 15.6 Å². The highest BCUT2D eigenvalue weighted by atomic mass is 31.3. The van der Waals surface area contributed by atoms with Crippen molar-refractivity contribution in [1.29, 1.82) is 0 Å². The molecule has 2 unspecified atom stereocenters. The van der Waals surface area contributed by atoms with Crippen molar-refractivity contribution in [2.24, 2.45) is 11.8 Å². The van der Waals surface area contributed by atoms with Crippen LogP contribution < -0.4 is 11.4 Å². The van der Waals surface area contributed by atoms with Gasteiger partial charge >= 0.3 is 33.3 Å². The summed E-state index contributed by atoms with van der Waals surface area (Å²) >= 11 is 0. The van der Waals surface area contributed by atoms with Crippen LogP contribution in [0.4, 0.5) is 5.82 Å². The number of fused-ring (bicyclic) bond motifs is 3. The first-order valence-electron chi connectivity index (χ1n) is 25.7. The van der Waals surface area contributed by atoms with Gasteiger partial charge in [-0.25, -0.2) is 13.9 Å². The molecule has 3 heterocycles. The molecule has 0 saturated heterocycles. The summed E-state index contributed by atoms with van der Waals surface area (Å²) < 4.78 is 59.0. The van der Waals surface area contributed by atoms with Crippen molar-refractivity contribution in [3.63, 3.8) is 0 Å². The average Bonchev–Trinajstić information content (AvgIpc) is 3.34. The number of hydrogen-bond acceptors (Lipinski definition) is 17. The van der Waals surface area contributed by atoms with Crippen LogP contribution in [0.5, 0.6) is 0 Å². The number of phosphoric ester groups is 2. The van der Waals surface area contributed by atoms with Gasteiger partial charge in [0.2, 0.25) is 0 Å². The lowest BCUT2D eigenvalue weighted by Crippen LogP contribution is -2.49. The number of anilines is 1. The molecule has 0 aromatic carbocycles. The lowest BCUT2D eigenvalue weighted by molar-refractivity contribution is -0.167. The van der Waals surface area contributed by atoms with Gasteiger partial charge in [0.25, 0.3) is 0 Å². The van der Waals surface area contributed by atoms with E-state index in [1.165, 1.54) is 49.8 Å². The number of carbonyl (C=O) groups excluding carboxylic acids is 3. The van der Waals surface area contributed by atoms with E-state index in [1.54, 1.807) is 12.2 Å². The number of ether oxygens (including phenoxy) is 3. The molecule has 0 spiro atoms. The molecular weight excluding hydrogens is 1000 g/mol. The second-order valence-electron chi connectivity index (χ2n) is 18.0. The molecule has 0 radical (unpaired) electrons. The van der Waals surface area contributed by atoms with Crippen molar-refractivity contribution in [2.75, 3.05) is 25.6 Å². The number of ketones is 1. The van der Waals surface area contributed by atoms with Gasteiger partial charge in [-0.15, -0.1) is 0 Å². The van der Waals surface area contributed by atoms with E-state index in [-0.39, 0.29) is 31.5 Å². The first-order valence-corrected chi connectivity index (χ1v) is 28.6. The van der Waals surface area contributed by atoms with Gasteiger partial charge in [0.15, 0.2) is 11.9 Å². The number of aliphatic hydroxyl groups is 3. The monoisotopic (exact) mass is 1080 g/mol. The van der Waals surface area contributed by atoms with E-state index in [4.69, 9.17) is 29.0 Å². The number of hydrogen-bond donors (Lipinski definition) is 6. The standard InChI is InChI=1S/C52H79N3O17P2/c1-3-5-7-8-9-10-11-12-13-14-15-16-17-18-19-20-26-30-48(59)70-42-37-67-47(58)29-25-22-21-24-27-40-31-34-44(57)43(33-32-41(56)28-23-6-4-2)49(60)50(61)45(39-69-74(65,66)72-73(63,64)68-38-42)71-51(40)55-36-35-46(53)54-52(55)62/h9-10,12-13,15-16,18-19,21,24,31-36,40-43,45,49-51,56,60-61H,3-8,11,14,17,20,22-23,25-30,37-39H2,1-2H3,(H,63,64)(H,65,66)(H2,53,54,62)/b10-9-,13-12-,16-15-,19-18-,24-21-,33-32+,34-31-/t40-,41-,42+,43-,45+,49-,50+,51+/m0/s1. The van der Waals surface area contributed by atoms with Crippen molar-refractivity contribution in [3.05, 3.63) is 108 Å². The number of aromatic nitrogens is 2. The zero-order chi connectivity index (χ0) is 54.2. The molecule has 2 bridgehead atoms. The molecule has 1 aromatic heterocycles. The molecule has 2 aliphatic rings. The quantitative estimate of drug-likeness (QED) is 0.0275. The Morgan fingerprint density at radius 1 is 0.865 bits per heavy atom. The summed E-state index contributed by atoms with van der Waals surface area (Å²) in [4.78, 5) is 77.9. The van der Waals surface area contributed by atoms with Gasteiger partial charge in [-0.05, 0) is 82.8 Å². The smallest absolute Gasteiger partial charge is 0.462 e. The zero-order valence-corrected chi connectivity index (χ0v) is 44.5. The van der Waals surface area contributed by atoms with Crippen LogP contribution in [0.2, 0.25) is 0 Å². The number of cyclic esters (lactones) is 1. The molecule has 0 aliphatic carbocycles. The minimum absolute atomic E-state index is 0.0435. The Balaban J connectivity index is 1.78. The maximum Gasteiger partial charge on any atom is 0.481 e. The fraction of sp³-hybridized carbons (Fsp3) is 0.596. The molecule has 2 aliphatic heterocycles. The Hall–Kier alpha value is -4.43. The van der Waals surface area contributed by atoms with Crippen molar-refractivity contribution < 1.29 is 76.2 Å². The zero-order valence-electron chi connectivity index (χ0n) is 42.7. The van der Waals surface area contributed by atoms with Gasteiger partial charge in [-0.3, -0.25) is 28.0 Å². The Labute approximate surface area is 434 Å². The predicted molar refractivity (Wildman–Crippen MR) is 279 cm³/mol. The number of aliphatic hydroxyl groups excluding tert-OH is 3. The van der Waals surface area contributed by atoms with Crippen LogP contribution in [-0.2, 0) is 51.1 Å². The fourth-order valence-electron chi connectivity index (χ4n) is 7.57. The molecule has 1 aromatic rings. The molecule has 0 amide bonds. The van der Waals surface area contributed by atoms with Gasteiger partial charge in [0.1, 0.15) is 30.9 Å². The number of esters is 2. The van der Waals surface area contributed by atoms with Gasteiger partial charge < -0.3 is 45.1 Å². The molecule has 0 saturated carbocycles. The number of unbranched alkanes of at least 4 members (excludes halogenated alkanes) is 6. The fourth-order valence-corrected chi connectivity index (χ4v) is 9.68. The van der Waals surface area contributed by atoms with Crippen LogP contribution in [0, 0.1) is 11.8 Å². The number of phosphoric acid groups is 2. The number of nitrogens with two attached hydrogens (primary N) is 1. The number of carbonyl (C=O) groups is 3. The molecule has 414 valence electrons. The number of nitrogens with zero attached hydrogens (tertiary/aromatic N) is 2. The van der Waals surface area contributed by atoms with E-state index in [0.717, 1.165) is 42.7 Å². The van der Waals surface area contributed by atoms with Gasteiger partial charge in [-0.2, -0.15) is 9.29 Å². The third-order valence-electron chi connectivity index (χ3n) is 11.7. The Kier molecular flexibility index (Phi) is 30.9. The van der Waals surface area contributed by atoms with E-state index in [9.17, 15) is 53.4 Å². The van der Waals surface area contributed by atoms with E-state index in [1.807, 2.05) is 25.2 Å². The summed E-state index contributed by atoms with van der Waals surface area (Å²) in [5, 5.41) is 33.9. The molecular formula is C52H79N3O17P2. The predicted octanol–water partition coefficient (Wildman–Crippen LogP) is 8.28. The molecule has 20 nitrogen and oxygen atoms in total. The molecule has 74 heavy (non-hydrogen) atoms. The topological polar surface area (TPSA) is 303 Å². The molecule has 10 atom stereocenters. The van der Waals surface area contributed by atoms with Crippen LogP contribution in [0.15, 0.2) is 102 Å². The number of nitrogen functional groups attached to an aromatic ring is 1. The van der Waals surface area contributed by atoms with E-state index < -0.39 is 107 Å². The average molecular weight is 1080 g/mol. The van der Waals surface area contributed by atoms with Gasteiger partial charge in [0.05, 0.1) is 31.3 Å². The maximum absolute atomic E-state index is 13.8. The van der Waals surface area contributed by atoms with Crippen LogP contribution in [0.1, 0.15) is 136 Å². The highest BCUT2D eigenvalue weighted by Crippen LogP contribution is 2.60. The SMILES string of the molecule is CCCCC/C=C\C/C=C\C/C=C\C/C=C\CCCC(=O)O[C@@H]1COC(=O)CCC/C=C\C[C@H]2/C=C\C(=O)[C@H](/C=C/[C@@H](O)CCCCC)[C@H](O)[C@H](O)[C@@H](COP(=O)(O)OP(=O)(O)OC1)O[C@H]2n1ccc(N)nc1=O. The number of rotatable bonds is 22. The van der Waals surface area contributed by atoms with Crippen molar-refractivity contribution in [3.8, 4) is 0 Å². The van der Waals surface area contributed by atoms with Crippen molar-refractivity contribution in [1.82, 2.24) is 9.55 Å². The molecule has 22 heteroatoms. The first kappa shape index (κ1) is 63.9. The normalized spacial score (nSPS) is 28.9. The third kappa shape index (κ3) is 26.4. The third-order valence-corrected chi connectivity index (χ3v) is 14.3. The highest BCUT2D eigenvalue weighted by Gasteiger charge is 2.42. The second-order valence-corrected chi connectivity index (χ2v) is 21.0. The van der Waals surface area contributed by atoms with Crippen LogP contribution in [-0.4, -0.2) is 103 Å². The molecule has 7 N–H and O–H groups in total. The number of allylic oxidation sites excluding steroid dienone is 11. The van der Waals surface area contributed by atoms with E-state index in [2.05, 4.69) is 46.6 Å². The Morgan fingerprint density at radius 2 is 1.50 bits per heavy atom. The minimum atomic E-state index is -5.69. The summed E-state index contributed by atoms with van der Waals surface area (Å²) in [6.45, 7) is 1.46. The van der Waals surface area contributed by atoms with Gasteiger partial charge in [-0.1, -0.05) is 125 Å². The maximum atomic E-state index is 13.8. The first-order chi connectivity index (χ1) is 35.4. The lowest BCUT2D eigenvalue weighted by atomic mass is 9.88. The summed E-state index contributed by atoms with van der Waals surface area (Å²) in [5.41, 5.74) is 4.83. The lowest BCUT2D eigenvalue weighted by Gasteiger charge is -2.36. The summed E-state index contributed by atoms with van der Waals surface area (Å²) in [6, 6.07) is 1.27. The highest BCUT2D eigenvalue weighted by molar-refractivity contribution is 7.61. The molecule has 3 rings (SSSR count). The van der Waals surface area contributed by atoms with Crippen LogP contribution in [0.3, 0.4) is 0 Å². The summed E-state index contributed by atoms with van der Waals surface area (Å²) in [7, 11) is -11.3. The Bertz CT molecular complexity index is 2230. The Morgan fingerprint density at radius 3 is 2.16 bits per heavy atom. The van der Waals surface area contributed by atoms with Crippen molar-refractivity contribution in [2.45, 2.75) is 166 Å². The largest absolute Gasteiger partial charge is 0.481 e. The van der Waals surface area contributed by atoms with E-state index in [0.29, 0.717) is 38.5 Å². The van der Waals surface area contributed by atoms with E-state index >= 15 is 0 Å².